The molecule has 0 aromatic carbocycles. The predicted molar refractivity (Wildman–Crippen MR) is 52.5 cm³/mol. The predicted octanol–water partition coefficient (Wildman–Crippen LogP) is 2.69. The molecule has 1 heteroatoms. The van der Waals surface area contributed by atoms with Crippen molar-refractivity contribution in [1.82, 2.24) is 0 Å². The van der Waals surface area contributed by atoms with E-state index in [1.807, 2.05) is 0 Å². The van der Waals surface area contributed by atoms with Crippen molar-refractivity contribution in [3.05, 3.63) is 0 Å². The summed E-state index contributed by atoms with van der Waals surface area (Å²) in [4.78, 5) is 0. The van der Waals surface area contributed by atoms with E-state index < -0.39 is 0 Å². The summed E-state index contributed by atoms with van der Waals surface area (Å²) < 4.78 is 0. The van der Waals surface area contributed by atoms with Gasteiger partial charge in [0.05, 0.1) is 0 Å². The molecule has 1 unspecified atom stereocenters. The molecular formula is C9H22Si. The smallest absolute Gasteiger partial charge is 0.0203 e. The summed E-state index contributed by atoms with van der Waals surface area (Å²) in [6.45, 7) is 9.36. The summed E-state index contributed by atoms with van der Waals surface area (Å²) in [5.74, 6) is 1.96. The van der Waals surface area contributed by atoms with Crippen LogP contribution in [0.25, 0.3) is 0 Å². The number of hydrogen-bond acceptors (Lipinski definition) is 0. The average molecular weight is 158 g/mol. The van der Waals surface area contributed by atoms with Gasteiger partial charge in [-0.3, -0.25) is 0 Å². The van der Waals surface area contributed by atoms with Gasteiger partial charge in [-0.15, -0.1) is 0 Å². The molecule has 0 rings (SSSR count). The highest BCUT2D eigenvalue weighted by molar-refractivity contribution is 6.35. The molecule has 0 spiro atoms. The first-order valence-corrected chi connectivity index (χ1v) is 6.66. The largest absolute Gasteiger partial charge is 0.0651 e. The van der Waals surface area contributed by atoms with Crippen molar-refractivity contribution in [3.8, 4) is 0 Å². The molecule has 62 valence electrons. The van der Waals surface area contributed by atoms with Gasteiger partial charge < -0.3 is 0 Å². The number of hydrogen-bond donors (Lipinski definition) is 0. The van der Waals surface area contributed by atoms with E-state index in [4.69, 9.17) is 0 Å². The fourth-order valence-electron chi connectivity index (χ4n) is 1.08. The zero-order valence-corrected chi connectivity index (χ0v) is 9.40. The summed E-state index contributed by atoms with van der Waals surface area (Å²) in [5.41, 5.74) is 0. The quantitative estimate of drug-likeness (QED) is 0.540. The van der Waals surface area contributed by atoms with Gasteiger partial charge in [0, 0.05) is 9.52 Å². The maximum Gasteiger partial charge on any atom is 0.0203 e. The minimum Gasteiger partial charge on any atom is -0.0651 e. The summed E-state index contributed by atoms with van der Waals surface area (Å²) in [5, 5.41) is 0. The van der Waals surface area contributed by atoms with Gasteiger partial charge in [0.25, 0.3) is 0 Å². The fourth-order valence-corrected chi connectivity index (χ4v) is 3.24. The van der Waals surface area contributed by atoms with E-state index in [0.29, 0.717) is 9.52 Å². The third-order valence-corrected chi connectivity index (χ3v) is 5.13. The molecule has 0 bridgehead atoms. The van der Waals surface area contributed by atoms with Crippen molar-refractivity contribution in [3.63, 3.8) is 0 Å². The second-order valence-electron chi connectivity index (χ2n) is 3.84. The first-order chi connectivity index (χ1) is 4.66. The molecule has 0 radical (unpaired) electrons. The van der Waals surface area contributed by atoms with E-state index in [2.05, 4.69) is 27.7 Å². The van der Waals surface area contributed by atoms with Gasteiger partial charge in [-0.1, -0.05) is 52.1 Å². The Hall–Kier alpha value is 0.217. The van der Waals surface area contributed by atoms with Crippen LogP contribution < -0.4 is 0 Å². The van der Waals surface area contributed by atoms with Crippen molar-refractivity contribution < 1.29 is 0 Å². The van der Waals surface area contributed by atoms with E-state index in [-0.39, 0.29) is 0 Å². The van der Waals surface area contributed by atoms with Crippen LogP contribution in [0.2, 0.25) is 12.1 Å². The third-order valence-electron chi connectivity index (χ3n) is 2.18. The van der Waals surface area contributed by atoms with Crippen LogP contribution in [0.5, 0.6) is 0 Å². The highest BCUT2D eigenvalue weighted by Crippen LogP contribution is 2.09. The molecule has 0 fully saturated rings. The molecule has 1 atom stereocenters. The SMILES string of the molecule is CCC(C)C[SiH2]CC(C)C. The maximum absolute atomic E-state index is 2.38. The molecule has 0 aromatic rings. The van der Waals surface area contributed by atoms with E-state index in [1.165, 1.54) is 6.42 Å². The maximum atomic E-state index is 2.38. The normalized spacial score (nSPS) is 15.3. The minimum absolute atomic E-state index is 0.305. The zero-order valence-electron chi connectivity index (χ0n) is 7.98. The Labute approximate surface area is 68.2 Å². The van der Waals surface area contributed by atoms with Crippen molar-refractivity contribution >= 4 is 9.52 Å². The van der Waals surface area contributed by atoms with Crippen LogP contribution >= 0.6 is 0 Å². The van der Waals surface area contributed by atoms with Gasteiger partial charge in [-0.2, -0.15) is 0 Å². The van der Waals surface area contributed by atoms with Crippen molar-refractivity contribution in [2.24, 2.45) is 11.8 Å². The van der Waals surface area contributed by atoms with Crippen LogP contribution in [0.1, 0.15) is 34.1 Å². The molecule has 0 aliphatic carbocycles. The lowest BCUT2D eigenvalue weighted by atomic mass is 10.2. The van der Waals surface area contributed by atoms with Gasteiger partial charge in [0.1, 0.15) is 0 Å². The first kappa shape index (κ1) is 10.2. The Morgan fingerprint density at radius 3 is 2.10 bits per heavy atom. The topological polar surface area (TPSA) is 0 Å². The highest BCUT2D eigenvalue weighted by Gasteiger charge is 1.99. The van der Waals surface area contributed by atoms with Crippen LogP contribution in [-0.4, -0.2) is 9.52 Å². The zero-order chi connectivity index (χ0) is 7.98. The van der Waals surface area contributed by atoms with Gasteiger partial charge in [0.2, 0.25) is 0 Å². The summed E-state index contributed by atoms with van der Waals surface area (Å²) >= 11 is 0. The van der Waals surface area contributed by atoms with Crippen LogP contribution in [0.3, 0.4) is 0 Å². The Kier molecular flexibility index (Phi) is 6.09. The monoisotopic (exact) mass is 158 g/mol. The molecule has 0 amide bonds. The third kappa shape index (κ3) is 6.34. The average Bonchev–Trinajstić information content (AvgIpc) is 1.87. The summed E-state index contributed by atoms with van der Waals surface area (Å²) in [6, 6.07) is 3.11. The molecule has 0 aromatic heterocycles. The van der Waals surface area contributed by atoms with Gasteiger partial charge in [0.15, 0.2) is 0 Å². The molecule has 0 nitrogen and oxygen atoms in total. The molecule has 0 heterocycles. The molecule has 0 N–H and O–H groups in total. The molecule has 0 aliphatic rings. The van der Waals surface area contributed by atoms with Crippen molar-refractivity contribution in [2.45, 2.75) is 46.2 Å². The molecule has 0 aliphatic heterocycles. The van der Waals surface area contributed by atoms with E-state index in [9.17, 15) is 0 Å². The lowest BCUT2D eigenvalue weighted by molar-refractivity contribution is 0.617. The van der Waals surface area contributed by atoms with Crippen LogP contribution in [-0.2, 0) is 0 Å². The lowest BCUT2D eigenvalue weighted by Crippen LogP contribution is -2.01. The summed E-state index contributed by atoms with van der Waals surface area (Å²) in [6.07, 6.45) is 1.38. The molecule has 0 saturated carbocycles. The number of rotatable bonds is 5. The standard InChI is InChI=1S/C9H22Si/c1-5-9(4)7-10-6-8(2)3/h8-9H,5-7,10H2,1-4H3. The molecule has 10 heavy (non-hydrogen) atoms. The van der Waals surface area contributed by atoms with Gasteiger partial charge in [-0.25, -0.2) is 0 Å². The van der Waals surface area contributed by atoms with E-state index in [0.717, 1.165) is 11.8 Å². The Morgan fingerprint density at radius 2 is 1.70 bits per heavy atom. The van der Waals surface area contributed by atoms with E-state index in [1.54, 1.807) is 12.1 Å². The molecular weight excluding hydrogens is 136 g/mol. The Balaban J connectivity index is 3.03. The summed E-state index contributed by atoms with van der Waals surface area (Å²) in [7, 11) is 0.305. The van der Waals surface area contributed by atoms with Crippen molar-refractivity contribution in [1.29, 1.82) is 0 Å². The van der Waals surface area contributed by atoms with Crippen LogP contribution in [0, 0.1) is 11.8 Å². The van der Waals surface area contributed by atoms with Gasteiger partial charge >= 0.3 is 0 Å². The van der Waals surface area contributed by atoms with Gasteiger partial charge in [-0.05, 0) is 5.92 Å². The Bertz CT molecular complexity index is 69.1. The van der Waals surface area contributed by atoms with Crippen LogP contribution in [0.4, 0.5) is 0 Å². The first-order valence-electron chi connectivity index (χ1n) is 4.66. The van der Waals surface area contributed by atoms with Crippen molar-refractivity contribution in [2.75, 3.05) is 0 Å². The fraction of sp³-hybridized carbons (Fsp3) is 1.00. The minimum atomic E-state index is 0.305. The second kappa shape index (κ2) is 5.96. The Morgan fingerprint density at radius 1 is 1.10 bits per heavy atom. The van der Waals surface area contributed by atoms with E-state index >= 15 is 0 Å². The lowest BCUT2D eigenvalue weighted by Gasteiger charge is -2.08. The van der Waals surface area contributed by atoms with Crippen LogP contribution in [0.15, 0.2) is 0 Å². The second-order valence-corrected chi connectivity index (χ2v) is 5.70. The highest BCUT2D eigenvalue weighted by atomic mass is 28.2. The molecule has 0 saturated heterocycles.